The number of hydrogen-bond donors (Lipinski definition) is 2. The molecular formula is C15H12BrN3O2S2. The minimum absolute atomic E-state index is 0.0910. The molecule has 1 aromatic carbocycles. The third-order valence-electron chi connectivity index (χ3n) is 3.30. The molecule has 1 atom stereocenters. The first-order chi connectivity index (χ1) is 11.0. The molecular weight excluding hydrogens is 398 g/mol. The average molecular weight is 410 g/mol. The summed E-state index contributed by atoms with van der Waals surface area (Å²) in [5, 5.41) is 27.7. The number of thioether (sulfide) groups is 1. The Morgan fingerprint density at radius 3 is 2.91 bits per heavy atom. The van der Waals surface area contributed by atoms with Gasteiger partial charge in [-0.2, -0.15) is 0 Å². The van der Waals surface area contributed by atoms with Gasteiger partial charge in [-0.3, -0.25) is 10.2 Å². The van der Waals surface area contributed by atoms with E-state index in [2.05, 4.69) is 26.1 Å². The van der Waals surface area contributed by atoms with Crippen molar-refractivity contribution in [3.63, 3.8) is 0 Å². The number of phenols is 1. The molecule has 118 valence electrons. The lowest BCUT2D eigenvalue weighted by molar-refractivity contribution is -0.114. The third kappa shape index (κ3) is 3.24. The summed E-state index contributed by atoms with van der Waals surface area (Å²) >= 11 is 5.82. The van der Waals surface area contributed by atoms with Gasteiger partial charge in [0.25, 0.3) is 0 Å². The zero-order valence-electron chi connectivity index (χ0n) is 12.0. The van der Waals surface area contributed by atoms with E-state index < -0.39 is 5.92 Å². The van der Waals surface area contributed by atoms with E-state index >= 15 is 0 Å². The largest absolute Gasteiger partial charge is 0.507 e. The van der Waals surface area contributed by atoms with Gasteiger partial charge in [0.15, 0.2) is 5.78 Å². The van der Waals surface area contributed by atoms with Crippen molar-refractivity contribution in [3.8, 4) is 5.75 Å². The Hall–Kier alpha value is -1.51. The van der Waals surface area contributed by atoms with E-state index in [0.717, 1.165) is 27.7 Å². The van der Waals surface area contributed by atoms with Gasteiger partial charge in [-0.25, -0.2) is 0 Å². The van der Waals surface area contributed by atoms with Crippen LogP contribution in [0.2, 0.25) is 0 Å². The first-order valence-electron chi connectivity index (χ1n) is 6.82. The summed E-state index contributed by atoms with van der Waals surface area (Å²) in [7, 11) is 0. The maximum atomic E-state index is 12.6. The van der Waals surface area contributed by atoms with Crippen molar-refractivity contribution in [3.05, 3.63) is 43.2 Å². The van der Waals surface area contributed by atoms with Gasteiger partial charge in [0.2, 0.25) is 0 Å². The van der Waals surface area contributed by atoms with Crippen LogP contribution < -0.4 is 0 Å². The summed E-state index contributed by atoms with van der Waals surface area (Å²) < 4.78 is 0.806. The van der Waals surface area contributed by atoms with E-state index in [1.54, 1.807) is 24.3 Å². The molecule has 0 amide bonds. The maximum Gasteiger partial charge on any atom is 0.186 e. The molecule has 3 rings (SSSR count). The van der Waals surface area contributed by atoms with Crippen LogP contribution in [0.25, 0.3) is 6.08 Å². The van der Waals surface area contributed by atoms with Gasteiger partial charge in [-0.15, -0.1) is 21.5 Å². The molecule has 2 N–H and O–H groups in total. The summed E-state index contributed by atoms with van der Waals surface area (Å²) in [5.41, 5.74) is 0.537. The number of rotatable bonds is 3. The van der Waals surface area contributed by atoms with Crippen molar-refractivity contribution in [2.24, 2.45) is 0 Å². The van der Waals surface area contributed by atoms with E-state index in [1.165, 1.54) is 11.3 Å². The highest BCUT2D eigenvalue weighted by atomic mass is 79.9. The lowest BCUT2D eigenvalue weighted by atomic mass is 10.0. The normalized spacial score (nSPS) is 19.7. The highest BCUT2D eigenvalue weighted by Gasteiger charge is 2.39. The summed E-state index contributed by atoms with van der Waals surface area (Å²) in [4.78, 5) is 13.1. The standard InChI is InChI=1S/C15H12BrN3O2S2/c1-2-11-18-19-15(23-11)12-13(21)10(22-14(12)17)6-7-5-8(16)3-4-9(7)20/h3-6,12,17,20H,2H2,1H3/b10-6-,17-14?/t12-/m1/s1. The number of carbonyl (C=O) groups excluding carboxylic acids is 1. The molecule has 0 aliphatic carbocycles. The molecule has 2 heterocycles. The zero-order valence-corrected chi connectivity index (χ0v) is 15.3. The van der Waals surface area contributed by atoms with Crippen LogP contribution >= 0.6 is 39.0 Å². The smallest absolute Gasteiger partial charge is 0.186 e. The number of aromatic hydroxyl groups is 1. The molecule has 0 bridgehead atoms. The highest BCUT2D eigenvalue weighted by molar-refractivity contribution is 9.10. The molecule has 0 saturated carbocycles. The third-order valence-corrected chi connectivity index (χ3v) is 5.92. The van der Waals surface area contributed by atoms with Crippen LogP contribution in [-0.2, 0) is 11.2 Å². The van der Waals surface area contributed by atoms with Gasteiger partial charge in [-0.1, -0.05) is 34.6 Å². The van der Waals surface area contributed by atoms with Crippen LogP contribution in [-0.4, -0.2) is 26.1 Å². The lowest BCUT2D eigenvalue weighted by Crippen LogP contribution is -2.11. The summed E-state index contributed by atoms with van der Waals surface area (Å²) in [5.74, 6) is -0.746. The molecule has 8 heteroatoms. The van der Waals surface area contributed by atoms with Gasteiger partial charge in [0.05, 0.1) is 9.95 Å². The highest BCUT2D eigenvalue weighted by Crippen LogP contribution is 2.42. The molecule has 1 saturated heterocycles. The van der Waals surface area contributed by atoms with E-state index in [-0.39, 0.29) is 16.6 Å². The van der Waals surface area contributed by atoms with Crippen LogP contribution in [0.4, 0.5) is 0 Å². The number of ketones is 1. The Balaban J connectivity index is 1.94. The molecule has 0 radical (unpaired) electrons. The lowest BCUT2D eigenvalue weighted by Gasteiger charge is -2.02. The van der Waals surface area contributed by atoms with Crippen LogP contribution in [0.1, 0.15) is 28.4 Å². The number of benzene rings is 1. The molecule has 2 aromatic rings. The van der Waals surface area contributed by atoms with Crippen LogP contribution in [0.3, 0.4) is 0 Å². The molecule has 0 unspecified atom stereocenters. The number of phenolic OH excluding ortho intramolecular Hbond substituents is 1. The van der Waals surface area contributed by atoms with E-state index in [9.17, 15) is 9.90 Å². The van der Waals surface area contributed by atoms with Crippen LogP contribution in [0.5, 0.6) is 5.75 Å². The number of nitrogens with one attached hydrogen (secondary N) is 1. The Labute approximate surface area is 149 Å². The first-order valence-corrected chi connectivity index (χ1v) is 9.25. The minimum Gasteiger partial charge on any atom is -0.507 e. The number of aromatic nitrogens is 2. The Morgan fingerprint density at radius 2 is 2.22 bits per heavy atom. The number of Topliss-reactive ketones (excluding diaryl/α,β-unsaturated/α-hetero) is 1. The Morgan fingerprint density at radius 1 is 1.43 bits per heavy atom. The summed E-state index contributed by atoms with van der Waals surface area (Å²) in [6.07, 6.45) is 2.37. The van der Waals surface area contributed by atoms with Crippen molar-refractivity contribution in [1.82, 2.24) is 10.2 Å². The second-order valence-electron chi connectivity index (χ2n) is 4.86. The fourth-order valence-corrected chi connectivity index (χ4v) is 4.45. The van der Waals surface area contributed by atoms with Gasteiger partial charge >= 0.3 is 0 Å². The van der Waals surface area contributed by atoms with Crippen LogP contribution in [0.15, 0.2) is 27.6 Å². The second kappa shape index (κ2) is 6.54. The van der Waals surface area contributed by atoms with Crippen LogP contribution in [0, 0.1) is 5.41 Å². The number of allylic oxidation sites excluding steroid dienone is 1. The Kier molecular flexibility index (Phi) is 4.65. The number of halogens is 1. The molecule has 1 aliphatic rings. The fraction of sp³-hybridized carbons (Fsp3) is 0.200. The topological polar surface area (TPSA) is 86.9 Å². The maximum absolute atomic E-state index is 12.6. The quantitative estimate of drug-likeness (QED) is 0.748. The fourth-order valence-electron chi connectivity index (χ4n) is 2.12. The molecule has 23 heavy (non-hydrogen) atoms. The molecule has 1 aromatic heterocycles. The van der Waals surface area contributed by atoms with Crippen molar-refractivity contribution < 1.29 is 9.90 Å². The van der Waals surface area contributed by atoms with Gasteiger partial charge < -0.3 is 5.11 Å². The number of hydrogen-bond acceptors (Lipinski definition) is 7. The first kappa shape index (κ1) is 16.4. The van der Waals surface area contributed by atoms with Gasteiger partial charge in [0, 0.05) is 10.0 Å². The molecule has 5 nitrogen and oxygen atoms in total. The van der Waals surface area contributed by atoms with Crippen molar-refractivity contribution in [1.29, 1.82) is 5.41 Å². The molecule has 0 spiro atoms. The Bertz CT molecular complexity index is 832. The number of aryl methyl sites for hydroxylation is 1. The molecule has 1 fully saturated rings. The van der Waals surface area contributed by atoms with Crippen molar-refractivity contribution in [2.75, 3.05) is 0 Å². The second-order valence-corrected chi connectivity index (χ2v) is 7.96. The van der Waals surface area contributed by atoms with Crippen molar-refractivity contribution in [2.45, 2.75) is 19.3 Å². The van der Waals surface area contributed by atoms with Gasteiger partial charge in [0.1, 0.15) is 21.7 Å². The van der Waals surface area contributed by atoms with E-state index in [4.69, 9.17) is 5.41 Å². The number of carbonyl (C=O) groups is 1. The summed E-state index contributed by atoms with van der Waals surface area (Å²) in [6.45, 7) is 1.97. The average Bonchev–Trinajstić information content (AvgIpc) is 3.08. The molecule has 1 aliphatic heterocycles. The minimum atomic E-state index is -0.668. The van der Waals surface area contributed by atoms with E-state index in [1.807, 2.05) is 6.92 Å². The predicted molar refractivity (Wildman–Crippen MR) is 96.1 cm³/mol. The monoisotopic (exact) mass is 409 g/mol. The van der Waals surface area contributed by atoms with E-state index in [0.29, 0.717) is 15.5 Å². The number of nitrogens with zero attached hydrogens (tertiary/aromatic N) is 2. The predicted octanol–water partition coefficient (Wildman–Crippen LogP) is 3.99. The summed E-state index contributed by atoms with van der Waals surface area (Å²) in [6, 6.07) is 5.01. The zero-order chi connectivity index (χ0) is 16.6. The van der Waals surface area contributed by atoms with Gasteiger partial charge in [-0.05, 0) is 30.7 Å². The SMILES string of the molecule is CCc1nnc([C@H]2C(=N)S/C(=C\c3cc(Br)ccc3O)C2=O)s1. The van der Waals surface area contributed by atoms with Crippen molar-refractivity contribution >= 4 is 55.9 Å².